The SMILES string of the molecule is CC/C=C\C/C=C\C/C=C\C/C=C\C/C=C\C/C=C\CCCCCCCCCCC(=O)OCC(COC(=O)CCCCCCCCCCCCCC)OC(=O)C/C=C\C/C=C\C/C=C\C/C=C\C/C=C\CC. The van der Waals surface area contributed by atoms with Gasteiger partial charge in [0.15, 0.2) is 6.10 Å². The number of ether oxygens (including phenoxy) is 3. The van der Waals surface area contributed by atoms with Gasteiger partial charge in [0.25, 0.3) is 0 Å². The maximum absolute atomic E-state index is 12.8. The Morgan fingerprint density at radius 2 is 0.583 bits per heavy atom. The molecule has 1 atom stereocenters. The Morgan fingerprint density at radius 1 is 0.306 bits per heavy atom. The number of allylic oxidation sites excluding steroid dienone is 21. The summed E-state index contributed by atoms with van der Waals surface area (Å²) in [5.41, 5.74) is 0. The van der Waals surface area contributed by atoms with Crippen LogP contribution in [0.15, 0.2) is 134 Å². The molecular formula is C66H106O6. The van der Waals surface area contributed by atoms with E-state index in [0.717, 1.165) is 109 Å². The zero-order chi connectivity index (χ0) is 52.2. The van der Waals surface area contributed by atoms with E-state index in [9.17, 15) is 14.4 Å². The zero-order valence-corrected chi connectivity index (χ0v) is 46.4. The van der Waals surface area contributed by atoms with Crippen molar-refractivity contribution in [1.82, 2.24) is 0 Å². The predicted octanol–water partition coefficient (Wildman–Crippen LogP) is 19.8. The monoisotopic (exact) mass is 995 g/mol. The second kappa shape index (κ2) is 59.1. The summed E-state index contributed by atoms with van der Waals surface area (Å²) in [7, 11) is 0. The van der Waals surface area contributed by atoms with Gasteiger partial charge in [0, 0.05) is 12.8 Å². The molecule has 0 aromatic carbocycles. The number of hydrogen-bond acceptors (Lipinski definition) is 6. The van der Waals surface area contributed by atoms with E-state index in [1.165, 1.54) is 89.9 Å². The lowest BCUT2D eigenvalue weighted by Crippen LogP contribution is -2.30. The molecule has 1 unspecified atom stereocenters. The maximum atomic E-state index is 12.8. The van der Waals surface area contributed by atoms with E-state index < -0.39 is 12.1 Å². The van der Waals surface area contributed by atoms with Gasteiger partial charge in [-0.3, -0.25) is 14.4 Å². The highest BCUT2D eigenvalue weighted by molar-refractivity contribution is 5.72. The van der Waals surface area contributed by atoms with Crippen molar-refractivity contribution in [3.05, 3.63) is 134 Å². The second-order valence-corrected chi connectivity index (χ2v) is 18.8. The number of carbonyl (C=O) groups excluding carboxylic acids is 3. The number of hydrogen-bond donors (Lipinski definition) is 0. The average Bonchev–Trinajstić information content (AvgIpc) is 3.38. The van der Waals surface area contributed by atoms with Crippen LogP contribution < -0.4 is 0 Å². The molecule has 0 spiro atoms. The Balaban J connectivity index is 4.40. The van der Waals surface area contributed by atoms with Crippen LogP contribution in [0.3, 0.4) is 0 Å². The smallest absolute Gasteiger partial charge is 0.310 e. The van der Waals surface area contributed by atoms with E-state index in [1.54, 1.807) is 6.08 Å². The van der Waals surface area contributed by atoms with Crippen LogP contribution >= 0.6 is 0 Å². The first kappa shape index (κ1) is 67.5. The van der Waals surface area contributed by atoms with Gasteiger partial charge in [0.1, 0.15) is 13.2 Å². The molecule has 0 bridgehead atoms. The van der Waals surface area contributed by atoms with Gasteiger partial charge >= 0.3 is 17.9 Å². The molecule has 0 saturated heterocycles. The van der Waals surface area contributed by atoms with Crippen molar-refractivity contribution in [3.8, 4) is 0 Å². The molecule has 0 aliphatic carbocycles. The van der Waals surface area contributed by atoms with Crippen molar-refractivity contribution in [2.75, 3.05) is 13.2 Å². The fraction of sp³-hybridized carbons (Fsp3) is 0.621. The van der Waals surface area contributed by atoms with Gasteiger partial charge in [-0.2, -0.15) is 0 Å². The van der Waals surface area contributed by atoms with Crippen molar-refractivity contribution in [2.45, 2.75) is 252 Å². The highest BCUT2D eigenvalue weighted by Crippen LogP contribution is 2.14. The largest absolute Gasteiger partial charge is 0.462 e. The third-order valence-electron chi connectivity index (χ3n) is 11.9. The molecule has 6 heteroatoms. The number of carbonyl (C=O) groups is 3. The van der Waals surface area contributed by atoms with Crippen LogP contribution in [0.5, 0.6) is 0 Å². The molecule has 0 fully saturated rings. The fourth-order valence-corrected chi connectivity index (χ4v) is 7.64. The topological polar surface area (TPSA) is 78.9 Å². The maximum Gasteiger partial charge on any atom is 0.310 e. The summed E-state index contributed by atoms with van der Waals surface area (Å²) in [5.74, 6) is -1.06. The molecule has 72 heavy (non-hydrogen) atoms. The van der Waals surface area contributed by atoms with E-state index in [2.05, 4.69) is 142 Å². The Kier molecular flexibility index (Phi) is 55.5. The first-order valence-corrected chi connectivity index (χ1v) is 29.2. The Bertz CT molecular complexity index is 1560. The Morgan fingerprint density at radius 3 is 0.917 bits per heavy atom. The van der Waals surface area contributed by atoms with Crippen LogP contribution in [0.4, 0.5) is 0 Å². The van der Waals surface area contributed by atoms with Gasteiger partial charge in [-0.25, -0.2) is 0 Å². The van der Waals surface area contributed by atoms with E-state index in [1.807, 2.05) is 6.08 Å². The van der Waals surface area contributed by atoms with Crippen molar-refractivity contribution in [1.29, 1.82) is 0 Å². The lowest BCUT2D eigenvalue weighted by molar-refractivity contribution is -0.166. The lowest BCUT2D eigenvalue weighted by atomic mass is 10.0. The normalized spacial score (nSPS) is 13.1. The molecule has 0 heterocycles. The summed E-state index contributed by atoms with van der Waals surface area (Å²) < 4.78 is 16.7. The van der Waals surface area contributed by atoms with Gasteiger partial charge in [0.2, 0.25) is 0 Å². The van der Waals surface area contributed by atoms with Gasteiger partial charge in [-0.05, 0) is 96.3 Å². The minimum atomic E-state index is -0.838. The molecule has 0 amide bonds. The molecule has 0 radical (unpaired) electrons. The zero-order valence-electron chi connectivity index (χ0n) is 46.4. The molecule has 0 aliphatic heterocycles. The minimum absolute atomic E-state index is 0.0915. The average molecular weight is 996 g/mol. The van der Waals surface area contributed by atoms with E-state index in [0.29, 0.717) is 19.3 Å². The van der Waals surface area contributed by atoms with Crippen LogP contribution in [0.1, 0.15) is 245 Å². The summed E-state index contributed by atoms with van der Waals surface area (Å²) >= 11 is 0. The molecule has 0 aliphatic rings. The minimum Gasteiger partial charge on any atom is -0.462 e. The molecule has 406 valence electrons. The van der Waals surface area contributed by atoms with Crippen molar-refractivity contribution in [3.63, 3.8) is 0 Å². The number of unbranched alkanes of at least 4 members (excludes halogenated alkanes) is 19. The molecule has 0 aromatic rings. The second-order valence-electron chi connectivity index (χ2n) is 18.8. The standard InChI is InChI=1S/C66H106O6/c1-4-7-10-13-16-19-22-25-27-28-29-30-31-32-33-34-35-36-37-38-40-41-44-47-50-53-56-59-65(68)71-62-63(61-70-64(67)58-55-52-49-46-43-24-21-18-15-12-9-6-3)72-66(69)60-57-54-51-48-45-42-39-26-23-20-17-14-11-8-5-2/h7-8,10-11,16-17,19-20,25-27,29-30,32-33,35-36,39,45,48,54,57,63H,4-6,9,12-15,18,21-24,28,31,34,37-38,40-44,46-47,49-53,55-56,58-62H2,1-3H3/b10-7-,11-8-,19-16-,20-17-,27-25-,30-29-,33-32-,36-35-,39-26-,48-45-,57-54-. The van der Waals surface area contributed by atoms with Gasteiger partial charge in [-0.1, -0.05) is 264 Å². The summed E-state index contributed by atoms with van der Waals surface area (Å²) in [4.78, 5) is 38.1. The van der Waals surface area contributed by atoms with Crippen molar-refractivity contribution >= 4 is 17.9 Å². The number of rotatable bonds is 51. The summed E-state index contributed by atoms with van der Waals surface area (Å²) in [6, 6.07) is 0. The Labute approximate surface area is 443 Å². The molecule has 0 saturated carbocycles. The third-order valence-corrected chi connectivity index (χ3v) is 11.9. The quantitative estimate of drug-likeness (QED) is 0.0261. The van der Waals surface area contributed by atoms with Crippen LogP contribution in [0.2, 0.25) is 0 Å². The van der Waals surface area contributed by atoms with E-state index >= 15 is 0 Å². The molecule has 6 nitrogen and oxygen atoms in total. The molecule has 0 aromatic heterocycles. The highest BCUT2D eigenvalue weighted by Gasteiger charge is 2.19. The summed E-state index contributed by atoms with van der Waals surface area (Å²) in [6.45, 7) is 6.31. The fourth-order valence-electron chi connectivity index (χ4n) is 7.64. The summed E-state index contributed by atoms with van der Waals surface area (Å²) in [6.07, 6.45) is 83.3. The lowest BCUT2D eigenvalue weighted by Gasteiger charge is -2.18. The Hall–Kier alpha value is -4.45. The van der Waals surface area contributed by atoms with E-state index in [4.69, 9.17) is 14.2 Å². The predicted molar refractivity (Wildman–Crippen MR) is 311 cm³/mol. The first-order chi connectivity index (χ1) is 35.5. The third kappa shape index (κ3) is 56.5. The molecule has 0 N–H and O–H groups in total. The van der Waals surface area contributed by atoms with E-state index in [-0.39, 0.29) is 31.6 Å². The summed E-state index contributed by atoms with van der Waals surface area (Å²) in [5, 5.41) is 0. The molecule has 0 rings (SSSR count). The van der Waals surface area contributed by atoms with Crippen molar-refractivity contribution in [2.24, 2.45) is 0 Å². The highest BCUT2D eigenvalue weighted by atomic mass is 16.6. The number of esters is 3. The first-order valence-electron chi connectivity index (χ1n) is 29.2. The van der Waals surface area contributed by atoms with Gasteiger partial charge < -0.3 is 14.2 Å². The van der Waals surface area contributed by atoms with Gasteiger partial charge in [0.05, 0.1) is 6.42 Å². The van der Waals surface area contributed by atoms with Crippen molar-refractivity contribution < 1.29 is 28.6 Å². The van der Waals surface area contributed by atoms with Crippen LogP contribution in [-0.4, -0.2) is 37.2 Å². The van der Waals surface area contributed by atoms with Crippen LogP contribution in [-0.2, 0) is 28.6 Å². The van der Waals surface area contributed by atoms with Crippen LogP contribution in [0.25, 0.3) is 0 Å². The van der Waals surface area contributed by atoms with Crippen LogP contribution in [0, 0.1) is 0 Å². The molecular weight excluding hydrogens is 889 g/mol. The van der Waals surface area contributed by atoms with Gasteiger partial charge in [-0.15, -0.1) is 0 Å².